The Morgan fingerprint density at radius 3 is 2.59 bits per heavy atom. The van der Waals surface area contributed by atoms with Gasteiger partial charge in [0.1, 0.15) is 0 Å². The van der Waals surface area contributed by atoms with Gasteiger partial charge in [-0.15, -0.1) is 0 Å². The van der Waals surface area contributed by atoms with E-state index in [9.17, 15) is 5.11 Å². The maximum atomic E-state index is 9.47. The van der Waals surface area contributed by atoms with Crippen LogP contribution in [0.15, 0.2) is 29.3 Å². The van der Waals surface area contributed by atoms with Crippen LogP contribution in [0.5, 0.6) is 0 Å². The molecule has 1 aliphatic rings. The van der Waals surface area contributed by atoms with E-state index in [0.29, 0.717) is 18.7 Å². The minimum absolute atomic E-state index is 0.0502. The summed E-state index contributed by atoms with van der Waals surface area (Å²) in [6.07, 6.45) is 2.53. The molecule has 0 aromatic heterocycles. The number of aliphatic hydroxyl groups excluding tert-OH is 1. The van der Waals surface area contributed by atoms with Gasteiger partial charge in [-0.2, -0.15) is 0 Å². The molecule has 0 amide bonds. The van der Waals surface area contributed by atoms with E-state index in [1.165, 1.54) is 0 Å². The number of guanidine groups is 1. The van der Waals surface area contributed by atoms with Gasteiger partial charge in [0.2, 0.25) is 0 Å². The van der Waals surface area contributed by atoms with Crippen LogP contribution in [0.25, 0.3) is 0 Å². The molecule has 0 radical (unpaired) electrons. The molecule has 6 heteroatoms. The van der Waals surface area contributed by atoms with Gasteiger partial charge in [-0.3, -0.25) is 0 Å². The van der Waals surface area contributed by atoms with Crippen molar-refractivity contribution in [2.75, 3.05) is 32.8 Å². The quantitative estimate of drug-likeness (QED) is 0.455. The molecule has 1 aromatic carbocycles. The molecule has 1 heterocycles. The first-order chi connectivity index (χ1) is 13.1. The summed E-state index contributed by atoms with van der Waals surface area (Å²) >= 11 is 0. The normalized spacial score (nSPS) is 16.7. The molecule has 27 heavy (non-hydrogen) atoms. The second-order valence-corrected chi connectivity index (χ2v) is 7.30. The summed E-state index contributed by atoms with van der Waals surface area (Å²) in [5.41, 5.74) is 2.01. The highest BCUT2D eigenvalue weighted by Gasteiger charge is 2.19. The molecule has 0 spiro atoms. The molecule has 1 fully saturated rings. The SMILES string of the molecule is CCNC(=NCc1ccccc1CO)NC1CCN(CCOC(C)C)CC1. The molecule has 3 N–H and O–H groups in total. The summed E-state index contributed by atoms with van der Waals surface area (Å²) in [6.45, 7) is 11.7. The number of aliphatic imine (C=N–C) groups is 1. The third-order valence-electron chi connectivity index (χ3n) is 4.83. The Kier molecular flexibility index (Phi) is 9.59. The molecule has 0 aliphatic carbocycles. The standard InChI is InChI=1S/C21H36N4O2/c1-4-22-21(23-15-18-7-5-6-8-19(18)16-26)24-20-9-11-25(12-10-20)13-14-27-17(2)3/h5-8,17,20,26H,4,9-16H2,1-3H3,(H2,22,23,24). The van der Waals surface area contributed by atoms with E-state index in [-0.39, 0.29) is 6.61 Å². The van der Waals surface area contributed by atoms with Gasteiger partial charge in [-0.05, 0) is 44.7 Å². The highest BCUT2D eigenvalue weighted by atomic mass is 16.5. The van der Waals surface area contributed by atoms with Crippen molar-refractivity contribution in [3.8, 4) is 0 Å². The number of ether oxygens (including phenoxy) is 1. The molecule has 6 nitrogen and oxygen atoms in total. The number of nitrogens with zero attached hydrogens (tertiary/aromatic N) is 2. The number of hydrogen-bond donors (Lipinski definition) is 3. The maximum absolute atomic E-state index is 9.47. The van der Waals surface area contributed by atoms with E-state index in [2.05, 4.69) is 36.3 Å². The van der Waals surface area contributed by atoms with Gasteiger partial charge in [-0.25, -0.2) is 4.99 Å². The summed E-state index contributed by atoms with van der Waals surface area (Å²) in [5, 5.41) is 16.4. The number of hydrogen-bond acceptors (Lipinski definition) is 4. The Balaban J connectivity index is 1.82. The lowest BCUT2D eigenvalue weighted by molar-refractivity contribution is 0.0532. The Morgan fingerprint density at radius 2 is 1.96 bits per heavy atom. The van der Waals surface area contributed by atoms with Crippen LogP contribution in [0.1, 0.15) is 44.7 Å². The van der Waals surface area contributed by atoms with Crippen molar-refractivity contribution < 1.29 is 9.84 Å². The minimum Gasteiger partial charge on any atom is -0.392 e. The molecule has 0 saturated carbocycles. The first kappa shape index (κ1) is 21.7. The molecule has 0 unspecified atom stereocenters. The van der Waals surface area contributed by atoms with Crippen molar-refractivity contribution in [3.63, 3.8) is 0 Å². The maximum Gasteiger partial charge on any atom is 0.191 e. The van der Waals surface area contributed by atoms with Crippen molar-refractivity contribution in [2.45, 2.75) is 58.9 Å². The van der Waals surface area contributed by atoms with Crippen LogP contribution in [-0.2, 0) is 17.9 Å². The van der Waals surface area contributed by atoms with Gasteiger partial charge in [0, 0.05) is 32.2 Å². The molecule has 0 bridgehead atoms. The van der Waals surface area contributed by atoms with Crippen LogP contribution < -0.4 is 10.6 Å². The Bertz CT molecular complexity index is 569. The third kappa shape index (κ3) is 7.87. The van der Waals surface area contributed by atoms with Gasteiger partial charge in [-0.1, -0.05) is 24.3 Å². The van der Waals surface area contributed by atoms with Gasteiger partial charge >= 0.3 is 0 Å². The topological polar surface area (TPSA) is 69.1 Å². The highest BCUT2D eigenvalue weighted by Crippen LogP contribution is 2.12. The van der Waals surface area contributed by atoms with Gasteiger partial charge < -0.3 is 25.4 Å². The first-order valence-electron chi connectivity index (χ1n) is 10.2. The average Bonchev–Trinajstić information content (AvgIpc) is 2.67. The van der Waals surface area contributed by atoms with Crippen LogP contribution in [0.4, 0.5) is 0 Å². The molecular formula is C21H36N4O2. The molecule has 1 saturated heterocycles. The number of aliphatic hydroxyl groups is 1. The zero-order valence-corrected chi connectivity index (χ0v) is 17.1. The summed E-state index contributed by atoms with van der Waals surface area (Å²) in [4.78, 5) is 7.20. The van der Waals surface area contributed by atoms with Crippen molar-refractivity contribution in [1.82, 2.24) is 15.5 Å². The van der Waals surface area contributed by atoms with Crippen molar-refractivity contribution >= 4 is 5.96 Å². The Morgan fingerprint density at radius 1 is 1.26 bits per heavy atom. The smallest absolute Gasteiger partial charge is 0.191 e. The lowest BCUT2D eigenvalue weighted by Crippen LogP contribution is -2.49. The van der Waals surface area contributed by atoms with Crippen LogP contribution >= 0.6 is 0 Å². The molecule has 0 atom stereocenters. The van der Waals surface area contributed by atoms with Crippen LogP contribution in [0.3, 0.4) is 0 Å². The first-order valence-corrected chi connectivity index (χ1v) is 10.2. The van der Waals surface area contributed by atoms with Crippen molar-refractivity contribution in [1.29, 1.82) is 0 Å². The number of rotatable bonds is 9. The highest BCUT2D eigenvalue weighted by molar-refractivity contribution is 5.80. The minimum atomic E-state index is 0.0502. The monoisotopic (exact) mass is 376 g/mol. The second-order valence-electron chi connectivity index (χ2n) is 7.30. The number of benzene rings is 1. The van der Waals surface area contributed by atoms with Crippen LogP contribution in [0, 0.1) is 0 Å². The molecule has 152 valence electrons. The predicted octanol–water partition coefficient (Wildman–Crippen LogP) is 2.12. The predicted molar refractivity (Wildman–Crippen MR) is 111 cm³/mol. The van der Waals surface area contributed by atoms with Crippen LogP contribution in [0.2, 0.25) is 0 Å². The molecule has 1 aromatic rings. The third-order valence-corrected chi connectivity index (χ3v) is 4.83. The largest absolute Gasteiger partial charge is 0.392 e. The van der Waals surface area contributed by atoms with Crippen LogP contribution in [-0.4, -0.2) is 60.9 Å². The molecule has 1 aliphatic heterocycles. The second kappa shape index (κ2) is 12.0. The number of likely N-dealkylation sites (tertiary alicyclic amines) is 1. The summed E-state index contributed by atoms with van der Waals surface area (Å²) in [7, 11) is 0. The summed E-state index contributed by atoms with van der Waals surface area (Å²) in [6, 6.07) is 8.35. The van der Waals surface area contributed by atoms with E-state index >= 15 is 0 Å². The van der Waals surface area contributed by atoms with E-state index in [1.807, 2.05) is 24.3 Å². The van der Waals surface area contributed by atoms with Crippen molar-refractivity contribution in [2.24, 2.45) is 4.99 Å². The average molecular weight is 377 g/mol. The fourth-order valence-electron chi connectivity index (χ4n) is 3.26. The summed E-state index contributed by atoms with van der Waals surface area (Å²) < 4.78 is 5.66. The lowest BCUT2D eigenvalue weighted by atomic mass is 10.1. The molecular weight excluding hydrogens is 340 g/mol. The van der Waals surface area contributed by atoms with Gasteiger partial charge in [0.25, 0.3) is 0 Å². The van der Waals surface area contributed by atoms with Gasteiger partial charge in [0.15, 0.2) is 5.96 Å². The molecule has 2 rings (SSSR count). The van der Waals surface area contributed by atoms with Crippen molar-refractivity contribution in [3.05, 3.63) is 35.4 Å². The summed E-state index contributed by atoms with van der Waals surface area (Å²) in [5.74, 6) is 0.854. The van der Waals surface area contributed by atoms with E-state index in [4.69, 9.17) is 9.73 Å². The van der Waals surface area contributed by atoms with E-state index in [0.717, 1.165) is 62.7 Å². The van der Waals surface area contributed by atoms with E-state index in [1.54, 1.807) is 0 Å². The Labute approximate surface area is 164 Å². The Hall–Kier alpha value is -1.63. The fraction of sp³-hybridized carbons (Fsp3) is 0.667. The zero-order chi connectivity index (χ0) is 19.5. The van der Waals surface area contributed by atoms with Gasteiger partial charge in [0.05, 0.1) is 25.9 Å². The fourth-order valence-corrected chi connectivity index (χ4v) is 3.26. The lowest BCUT2D eigenvalue weighted by Gasteiger charge is -2.33. The number of nitrogens with one attached hydrogen (secondary N) is 2. The number of piperidine rings is 1. The zero-order valence-electron chi connectivity index (χ0n) is 17.1. The van der Waals surface area contributed by atoms with E-state index < -0.39 is 0 Å².